The van der Waals surface area contributed by atoms with E-state index >= 15 is 0 Å². The van der Waals surface area contributed by atoms with Gasteiger partial charge in [-0.15, -0.1) is 0 Å². The number of hydrogen-bond acceptors (Lipinski definition) is 3. The van der Waals surface area contributed by atoms with Gasteiger partial charge in [-0.3, -0.25) is 9.59 Å². The molecule has 0 saturated carbocycles. The summed E-state index contributed by atoms with van der Waals surface area (Å²) in [5, 5.41) is 6.42. The highest BCUT2D eigenvalue weighted by Crippen LogP contribution is 2.19. The molecule has 2 amide bonds. The first-order valence-electron chi connectivity index (χ1n) is 9.06. The van der Waals surface area contributed by atoms with E-state index in [9.17, 15) is 14.0 Å². The average molecular weight is 392 g/mol. The number of carbonyl (C=O) groups is 2. The van der Waals surface area contributed by atoms with Gasteiger partial charge in [0.05, 0.1) is 6.21 Å². The SMILES string of the molecule is Cc1cc(/C=N\NC(=O)C(=O)NCc2ccccc2)c(C)n1-c1ccc(F)cc1. The lowest BCUT2D eigenvalue weighted by Gasteiger charge is -2.09. The Morgan fingerprint density at radius 2 is 1.72 bits per heavy atom. The lowest BCUT2D eigenvalue weighted by molar-refractivity contribution is -0.139. The fourth-order valence-corrected chi connectivity index (χ4v) is 2.98. The van der Waals surface area contributed by atoms with Crippen molar-refractivity contribution in [1.82, 2.24) is 15.3 Å². The number of nitrogens with one attached hydrogen (secondary N) is 2. The van der Waals surface area contributed by atoms with Gasteiger partial charge in [0.1, 0.15) is 5.82 Å². The maximum Gasteiger partial charge on any atom is 0.329 e. The summed E-state index contributed by atoms with van der Waals surface area (Å²) in [4.78, 5) is 23.8. The van der Waals surface area contributed by atoms with E-state index in [2.05, 4.69) is 15.8 Å². The molecule has 0 radical (unpaired) electrons. The van der Waals surface area contributed by atoms with Crippen LogP contribution < -0.4 is 10.7 Å². The molecule has 1 aromatic heterocycles. The van der Waals surface area contributed by atoms with Crippen molar-refractivity contribution in [3.05, 3.63) is 89.0 Å². The van der Waals surface area contributed by atoms with Gasteiger partial charge < -0.3 is 9.88 Å². The summed E-state index contributed by atoms with van der Waals surface area (Å²) in [5.74, 6) is -1.90. The first kappa shape index (κ1) is 20.0. The van der Waals surface area contributed by atoms with Crippen molar-refractivity contribution < 1.29 is 14.0 Å². The predicted molar refractivity (Wildman–Crippen MR) is 109 cm³/mol. The van der Waals surface area contributed by atoms with Gasteiger partial charge in [0.15, 0.2) is 0 Å². The molecule has 3 rings (SSSR count). The highest BCUT2D eigenvalue weighted by atomic mass is 19.1. The van der Waals surface area contributed by atoms with E-state index in [4.69, 9.17) is 0 Å². The molecule has 6 nitrogen and oxygen atoms in total. The third-order valence-corrected chi connectivity index (χ3v) is 4.43. The van der Waals surface area contributed by atoms with Crippen molar-refractivity contribution >= 4 is 18.0 Å². The maximum atomic E-state index is 13.2. The molecular formula is C22H21FN4O2. The minimum absolute atomic E-state index is 0.260. The van der Waals surface area contributed by atoms with Crippen LogP contribution >= 0.6 is 0 Å². The van der Waals surface area contributed by atoms with Gasteiger partial charge in [-0.25, -0.2) is 9.82 Å². The van der Waals surface area contributed by atoms with Crippen LogP contribution in [0.25, 0.3) is 5.69 Å². The van der Waals surface area contributed by atoms with Crippen LogP contribution in [0.2, 0.25) is 0 Å². The molecule has 0 fully saturated rings. The Bertz CT molecular complexity index is 1040. The molecule has 0 saturated heterocycles. The van der Waals surface area contributed by atoms with Crippen LogP contribution in [0.5, 0.6) is 0 Å². The summed E-state index contributed by atoms with van der Waals surface area (Å²) in [6.07, 6.45) is 1.48. The molecule has 0 aliphatic heterocycles. The minimum Gasteiger partial charge on any atom is -0.344 e. The van der Waals surface area contributed by atoms with Crippen LogP contribution in [-0.2, 0) is 16.1 Å². The summed E-state index contributed by atoms with van der Waals surface area (Å²) in [5.41, 5.74) is 6.53. The quantitative estimate of drug-likeness (QED) is 0.398. The molecule has 0 unspecified atom stereocenters. The first-order chi connectivity index (χ1) is 14.0. The lowest BCUT2D eigenvalue weighted by Crippen LogP contribution is -2.37. The molecular weight excluding hydrogens is 371 g/mol. The number of rotatable bonds is 5. The molecule has 0 bridgehead atoms. The second-order valence-corrected chi connectivity index (χ2v) is 6.51. The van der Waals surface area contributed by atoms with Crippen molar-refractivity contribution in [3.8, 4) is 5.69 Å². The van der Waals surface area contributed by atoms with E-state index in [1.807, 2.05) is 54.8 Å². The van der Waals surface area contributed by atoms with Crippen LogP contribution in [0.1, 0.15) is 22.5 Å². The topological polar surface area (TPSA) is 75.5 Å². The standard InChI is InChI=1S/C22H21FN4O2/c1-15-12-18(16(2)27(15)20-10-8-19(23)9-11-20)14-25-26-22(29)21(28)24-13-17-6-4-3-5-7-17/h3-12,14H,13H2,1-2H3,(H,24,28)(H,26,29)/b25-14-. The number of aryl methyl sites for hydroxylation is 1. The van der Waals surface area contributed by atoms with E-state index < -0.39 is 11.8 Å². The lowest BCUT2D eigenvalue weighted by atomic mass is 10.2. The summed E-state index contributed by atoms with van der Waals surface area (Å²) >= 11 is 0. The smallest absolute Gasteiger partial charge is 0.329 e. The Labute approximate surface area is 168 Å². The summed E-state index contributed by atoms with van der Waals surface area (Å²) in [6, 6.07) is 17.4. The number of hydrazone groups is 1. The third-order valence-electron chi connectivity index (χ3n) is 4.43. The van der Waals surface area contributed by atoms with Crippen molar-refractivity contribution in [3.63, 3.8) is 0 Å². The van der Waals surface area contributed by atoms with E-state index in [0.29, 0.717) is 0 Å². The Morgan fingerprint density at radius 1 is 1.03 bits per heavy atom. The van der Waals surface area contributed by atoms with Crippen molar-refractivity contribution in [2.75, 3.05) is 0 Å². The van der Waals surface area contributed by atoms with Gasteiger partial charge >= 0.3 is 11.8 Å². The van der Waals surface area contributed by atoms with Crippen LogP contribution in [0.4, 0.5) is 4.39 Å². The zero-order chi connectivity index (χ0) is 20.8. The largest absolute Gasteiger partial charge is 0.344 e. The summed E-state index contributed by atoms with van der Waals surface area (Å²) in [6.45, 7) is 4.07. The van der Waals surface area contributed by atoms with Gasteiger partial charge in [0.25, 0.3) is 0 Å². The zero-order valence-electron chi connectivity index (χ0n) is 16.1. The fraction of sp³-hybridized carbons (Fsp3) is 0.136. The Hall–Kier alpha value is -3.74. The predicted octanol–water partition coefficient (Wildman–Crippen LogP) is 3.00. The third kappa shape index (κ3) is 4.95. The number of halogens is 1. The minimum atomic E-state index is -0.843. The molecule has 2 aromatic carbocycles. The summed E-state index contributed by atoms with van der Waals surface area (Å²) < 4.78 is 15.1. The van der Waals surface area contributed by atoms with Gasteiger partial charge in [-0.2, -0.15) is 5.10 Å². The molecule has 0 spiro atoms. The van der Waals surface area contributed by atoms with Crippen LogP contribution in [0.3, 0.4) is 0 Å². The Morgan fingerprint density at radius 3 is 2.41 bits per heavy atom. The maximum absolute atomic E-state index is 13.2. The summed E-state index contributed by atoms with van der Waals surface area (Å²) in [7, 11) is 0. The Balaban J connectivity index is 1.61. The molecule has 148 valence electrons. The molecule has 29 heavy (non-hydrogen) atoms. The normalized spacial score (nSPS) is 10.9. The molecule has 2 N–H and O–H groups in total. The number of carbonyl (C=O) groups excluding carboxylic acids is 2. The molecule has 7 heteroatoms. The average Bonchev–Trinajstić information content (AvgIpc) is 3.01. The highest BCUT2D eigenvalue weighted by Gasteiger charge is 2.13. The molecule has 3 aromatic rings. The number of nitrogens with zero attached hydrogens (tertiary/aromatic N) is 2. The van der Waals surface area contributed by atoms with E-state index in [0.717, 1.165) is 28.2 Å². The number of amides is 2. The zero-order valence-corrected chi connectivity index (χ0v) is 16.1. The fourth-order valence-electron chi connectivity index (χ4n) is 2.98. The van der Waals surface area contributed by atoms with E-state index in [1.165, 1.54) is 18.3 Å². The van der Waals surface area contributed by atoms with Crippen molar-refractivity contribution in [1.29, 1.82) is 0 Å². The van der Waals surface area contributed by atoms with Crippen molar-refractivity contribution in [2.45, 2.75) is 20.4 Å². The van der Waals surface area contributed by atoms with Gasteiger partial charge in [0, 0.05) is 29.2 Å². The molecule has 0 aliphatic carbocycles. The highest BCUT2D eigenvalue weighted by molar-refractivity contribution is 6.35. The number of benzene rings is 2. The molecule has 1 heterocycles. The second-order valence-electron chi connectivity index (χ2n) is 6.51. The number of aromatic nitrogens is 1. The number of hydrogen-bond donors (Lipinski definition) is 2. The molecule has 0 atom stereocenters. The van der Waals surface area contributed by atoms with Crippen LogP contribution in [0.15, 0.2) is 65.8 Å². The monoisotopic (exact) mass is 392 g/mol. The van der Waals surface area contributed by atoms with E-state index in [-0.39, 0.29) is 12.4 Å². The Kier molecular flexibility index (Phi) is 6.19. The van der Waals surface area contributed by atoms with Gasteiger partial charge in [-0.05, 0) is 49.7 Å². The van der Waals surface area contributed by atoms with Crippen molar-refractivity contribution in [2.24, 2.45) is 5.10 Å². The van der Waals surface area contributed by atoms with Crippen LogP contribution in [0, 0.1) is 19.7 Å². The molecule has 0 aliphatic rings. The second kappa shape index (κ2) is 8.97. The van der Waals surface area contributed by atoms with Gasteiger partial charge in [-0.1, -0.05) is 30.3 Å². The first-order valence-corrected chi connectivity index (χ1v) is 9.06. The van der Waals surface area contributed by atoms with Gasteiger partial charge in [0.2, 0.25) is 0 Å². The van der Waals surface area contributed by atoms with Crippen LogP contribution in [-0.4, -0.2) is 22.6 Å². The van der Waals surface area contributed by atoms with E-state index in [1.54, 1.807) is 12.1 Å².